The Morgan fingerprint density at radius 1 is 0.625 bits per heavy atom. The molecule has 56 heavy (non-hydrogen) atoms. The van der Waals surface area contributed by atoms with Gasteiger partial charge in [0.25, 0.3) is 0 Å². The second kappa shape index (κ2) is 18.2. The first-order valence-electron chi connectivity index (χ1n) is 18.0. The Balaban J connectivity index is 0.913. The molecule has 288 valence electrons. The lowest BCUT2D eigenvalue weighted by Gasteiger charge is -2.14. The number of nitrogens with zero attached hydrogens (tertiary/aromatic N) is 4. The van der Waals surface area contributed by atoms with E-state index in [0.29, 0.717) is 11.4 Å². The van der Waals surface area contributed by atoms with Crippen LogP contribution < -0.4 is 10.6 Å². The number of nitrogens with one attached hydrogen (secondary N) is 2. The van der Waals surface area contributed by atoms with Crippen LogP contribution in [0.1, 0.15) is 60.8 Å². The molecule has 6 rings (SSSR count). The summed E-state index contributed by atoms with van der Waals surface area (Å²) in [5, 5.41) is 14.5. The lowest BCUT2D eigenvalue weighted by molar-refractivity contribution is -0.117. The molecule has 0 saturated carbocycles. The van der Waals surface area contributed by atoms with Crippen molar-refractivity contribution in [1.82, 2.24) is 19.6 Å². The molecule has 0 aliphatic carbocycles. The Hall–Kier alpha value is -5.88. The summed E-state index contributed by atoms with van der Waals surface area (Å²) in [6.07, 6.45) is 3.90. The molecule has 2 aromatic heterocycles. The van der Waals surface area contributed by atoms with Gasteiger partial charge in [-0.25, -0.2) is 8.78 Å². The maximum absolute atomic E-state index is 13.5. The molecule has 14 heteroatoms. The molecule has 0 radical (unpaired) electrons. The molecule has 0 aliphatic rings. The van der Waals surface area contributed by atoms with E-state index < -0.39 is 8.25 Å². The maximum Gasteiger partial charge on any atom is 0.698 e. The van der Waals surface area contributed by atoms with Gasteiger partial charge in [0.2, 0.25) is 11.8 Å². The first-order chi connectivity index (χ1) is 26.9. The summed E-state index contributed by atoms with van der Waals surface area (Å²) in [4.78, 5) is 25.8. The highest BCUT2D eigenvalue weighted by Gasteiger charge is 2.23. The van der Waals surface area contributed by atoms with E-state index in [1.54, 1.807) is 94.6 Å². The van der Waals surface area contributed by atoms with Crippen molar-refractivity contribution >= 4 is 31.4 Å². The molecule has 0 saturated heterocycles. The third kappa shape index (κ3) is 10.2. The van der Waals surface area contributed by atoms with Gasteiger partial charge >= 0.3 is 8.25 Å². The maximum atomic E-state index is 13.5. The van der Waals surface area contributed by atoms with Gasteiger partial charge in [0.05, 0.1) is 23.8 Å². The molecule has 2 atom stereocenters. The largest absolute Gasteiger partial charge is 0.698 e. The number of benzene rings is 4. The zero-order chi connectivity index (χ0) is 39.8. The second-order valence-corrected chi connectivity index (χ2v) is 14.6. The number of hydrogen-bond donors (Lipinski definition) is 2. The standard InChI is InChI=1S/C42H41F2N6O5P/c1-27(37-23-45-49(3)41(37)31-9-13-33(43)14-10-31)21-39(51)47-35-17-5-29(6-18-35)25-54-56(53)55-26-30-7-19-36(20-8-30)48-40(52)22-28(2)38-24-46-50(4)42(38)32-11-15-34(44)16-12-32/h5-20,23-24,27-28H,21-22,25-26H2,1-4H3,(H-,47,48,51,52)/p+1. The number of anilines is 2. The van der Waals surface area contributed by atoms with Crippen molar-refractivity contribution in [2.45, 2.75) is 51.7 Å². The van der Waals surface area contributed by atoms with Crippen LogP contribution in [-0.4, -0.2) is 31.4 Å². The first kappa shape index (κ1) is 39.8. The molecule has 2 N–H and O–H groups in total. The summed E-state index contributed by atoms with van der Waals surface area (Å²) in [5.74, 6) is -1.27. The van der Waals surface area contributed by atoms with Crippen LogP contribution in [0.5, 0.6) is 0 Å². The fourth-order valence-electron chi connectivity index (χ4n) is 6.41. The van der Waals surface area contributed by atoms with E-state index >= 15 is 0 Å². The molecule has 11 nitrogen and oxygen atoms in total. The summed E-state index contributed by atoms with van der Waals surface area (Å²) in [6, 6.07) is 26.4. The lowest BCUT2D eigenvalue weighted by Crippen LogP contribution is -2.14. The molecular weight excluding hydrogens is 737 g/mol. The first-order valence-corrected chi connectivity index (χ1v) is 19.1. The minimum Gasteiger partial charge on any atom is -0.326 e. The van der Waals surface area contributed by atoms with Crippen LogP contribution >= 0.6 is 8.25 Å². The summed E-state index contributed by atoms with van der Waals surface area (Å²) >= 11 is 0. The number of amides is 2. The Kier molecular flexibility index (Phi) is 12.9. The lowest BCUT2D eigenvalue weighted by atomic mass is 9.95. The van der Waals surface area contributed by atoms with Crippen LogP contribution in [0.25, 0.3) is 22.5 Å². The van der Waals surface area contributed by atoms with Crippen LogP contribution in [-0.2, 0) is 50.5 Å². The minimum absolute atomic E-state index is 0.0431. The Morgan fingerprint density at radius 2 is 0.982 bits per heavy atom. The SMILES string of the molecule is CC(CC(=O)Nc1ccc(CO[P+](=O)OCc2ccc(NC(=O)CC(C)c3cnn(C)c3-c3ccc(F)cc3)cc2)cc1)c1cnn(C)c1-c1ccc(F)cc1. The molecule has 0 spiro atoms. The zero-order valence-electron chi connectivity index (χ0n) is 31.4. The number of rotatable bonds is 16. The van der Waals surface area contributed by atoms with Crippen molar-refractivity contribution in [3.63, 3.8) is 0 Å². The van der Waals surface area contributed by atoms with Gasteiger partial charge < -0.3 is 10.6 Å². The van der Waals surface area contributed by atoms with Crippen LogP contribution in [0.3, 0.4) is 0 Å². The van der Waals surface area contributed by atoms with Gasteiger partial charge in [-0.3, -0.25) is 19.0 Å². The average molecular weight is 780 g/mol. The topological polar surface area (TPSA) is 129 Å². The molecule has 0 fully saturated rings. The van der Waals surface area contributed by atoms with Gasteiger partial charge in [0, 0.05) is 65.1 Å². The minimum atomic E-state index is -2.42. The highest BCUT2D eigenvalue weighted by atomic mass is 31.1. The van der Waals surface area contributed by atoms with Gasteiger partial charge in [-0.1, -0.05) is 38.1 Å². The van der Waals surface area contributed by atoms with Crippen LogP contribution in [0.15, 0.2) is 109 Å². The van der Waals surface area contributed by atoms with Crippen molar-refractivity contribution in [2.75, 3.05) is 10.6 Å². The number of aryl methyl sites for hydroxylation is 2. The third-order valence-corrected chi connectivity index (χ3v) is 10.0. The van der Waals surface area contributed by atoms with Crippen molar-refractivity contribution < 1.29 is 32.0 Å². The highest BCUT2D eigenvalue weighted by molar-refractivity contribution is 7.33. The number of carbonyl (C=O) groups is 2. The second-order valence-electron chi connectivity index (χ2n) is 13.6. The summed E-state index contributed by atoms with van der Waals surface area (Å²) in [6.45, 7) is 3.98. The molecule has 0 aliphatic heterocycles. The third-order valence-electron chi connectivity index (χ3n) is 9.36. The smallest absolute Gasteiger partial charge is 0.326 e. The van der Waals surface area contributed by atoms with Crippen LogP contribution in [0.2, 0.25) is 0 Å². The zero-order valence-corrected chi connectivity index (χ0v) is 32.3. The predicted octanol–water partition coefficient (Wildman–Crippen LogP) is 9.42. The monoisotopic (exact) mass is 779 g/mol. The van der Waals surface area contributed by atoms with E-state index in [1.165, 1.54) is 24.3 Å². The van der Waals surface area contributed by atoms with Crippen molar-refractivity contribution in [1.29, 1.82) is 0 Å². The molecular formula is C42H42F2N6O5P+. The molecule has 2 amide bonds. The summed E-state index contributed by atoms with van der Waals surface area (Å²) < 4.78 is 53.7. The van der Waals surface area contributed by atoms with E-state index in [2.05, 4.69) is 20.8 Å². The predicted molar refractivity (Wildman–Crippen MR) is 211 cm³/mol. The highest BCUT2D eigenvalue weighted by Crippen LogP contribution is 2.33. The van der Waals surface area contributed by atoms with Gasteiger partial charge in [-0.05, 0) is 95.8 Å². The fraction of sp³-hybridized carbons (Fsp3) is 0.238. The molecule has 0 bridgehead atoms. The Bertz CT molecular complexity index is 2130. The molecule has 4 aromatic carbocycles. The van der Waals surface area contributed by atoms with E-state index in [4.69, 9.17) is 9.05 Å². The van der Waals surface area contributed by atoms with Gasteiger partial charge in [-0.15, -0.1) is 9.05 Å². The average Bonchev–Trinajstić information content (AvgIpc) is 3.77. The van der Waals surface area contributed by atoms with Gasteiger partial charge in [0.1, 0.15) is 24.8 Å². The number of hydrogen-bond acceptors (Lipinski definition) is 7. The van der Waals surface area contributed by atoms with Gasteiger partial charge in [0.15, 0.2) is 0 Å². The fourth-order valence-corrected chi connectivity index (χ4v) is 7.00. The van der Waals surface area contributed by atoms with Crippen LogP contribution in [0, 0.1) is 11.6 Å². The van der Waals surface area contributed by atoms with E-state index in [9.17, 15) is 22.9 Å². The number of carbonyl (C=O) groups excluding carboxylic acids is 2. The normalized spacial score (nSPS) is 12.6. The number of aromatic nitrogens is 4. The van der Waals surface area contributed by atoms with Crippen LogP contribution in [0.4, 0.5) is 20.2 Å². The Morgan fingerprint density at radius 3 is 1.34 bits per heavy atom. The molecule has 2 unspecified atom stereocenters. The van der Waals surface area contributed by atoms with Crippen molar-refractivity contribution in [3.05, 3.63) is 143 Å². The summed E-state index contributed by atoms with van der Waals surface area (Å²) in [5.41, 5.74) is 7.79. The van der Waals surface area contributed by atoms with E-state index in [0.717, 1.165) is 44.8 Å². The van der Waals surface area contributed by atoms with E-state index in [-0.39, 0.29) is 61.3 Å². The van der Waals surface area contributed by atoms with Crippen molar-refractivity contribution in [3.8, 4) is 22.5 Å². The molecule has 2 heterocycles. The summed E-state index contributed by atoms with van der Waals surface area (Å²) in [7, 11) is 1.21. The molecule has 6 aromatic rings. The Labute approximate surface area is 324 Å². The quantitative estimate of drug-likeness (QED) is 0.0937. The van der Waals surface area contributed by atoms with Gasteiger partial charge in [-0.2, -0.15) is 10.2 Å². The van der Waals surface area contributed by atoms with Crippen molar-refractivity contribution in [2.24, 2.45) is 14.1 Å². The number of halogens is 2. The van der Waals surface area contributed by atoms with E-state index in [1.807, 2.05) is 27.9 Å².